The van der Waals surface area contributed by atoms with E-state index >= 15 is 0 Å². The second kappa shape index (κ2) is 5.50. The summed E-state index contributed by atoms with van der Waals surface area (Å²) >= 11 is 0. The zero-order valence-electron chi connectivity index (χ0n) is 12.1. The topological polar surface area (TPSA) is 39.9 Å². The highest BCUT2D eigenvalue weighted by atomic mass is 19.1. The van der Waals surface area contributed by atoms with Crippen molar-refractivity contribution in [2.75, 3.05) is 13.2 Å². The molecule has 0 bridgehead atoms. The third kappa shape index (κ3) is 2.37. The summed E-state index contributed by atoms with van der Waals surface area (Å²) in [5.74, 6) is 0.692. The third-order valence-electron chi connectivity index (χ3n) is 4.04. The fraction of sp³-hybridized carbons (Fsp3) is 0.294. The highest BCUT2D eigenvalue weighted by Crippen LogP contribution is 2.27. The summed E-state index contributed by atoms with van der Waals surface area (Å²) in [5.41, 5.74) is 2.67. The average molecular weight is 297 g/mol. The molecule has 1 fully saturated rings. The molecular formula is C17H16FN3O. The molecule has 1 unspecified atom stereocenters. The summed E-state index contributed by atoms with van der Waals surface area (Å²) in [6, 6.07) is 10.8. The molecule has 0 aliphatic carbocycles. The van der Waals surface area contributed by atoms with Gasteiger partial charge in [0.15, 0.2) is 5.65 Å². The summed E-state index contributed by atoms with van der Waals surface area (Å²) in [5, 5.41) is 0. The lowest BCUT2D eigenvalue weighted by molar-refractivity contribution is 0.186. The molecule has 2 aromatic heterocycles. The largest absolute Gasteiger partial charge is 0.379 e. The number of fused-ring (bicyclic) bond motifs is 1. The summed E-state index contributed by atoms with van der Waals surface area (Å²) in [6.07, 6.45) is 3.32. The molecule has 4 nitrogen and oxygen atoms in total. The molecule has 1 aromatic carbocycles. The second-order valence-electron chi connectivity index (χ2n) is 5.57. The van der Waals surface area contributed by atoms with Crippen molar-refractivity contribution in [3.8, 4) is 0 Å². The minimum atomic E-state index is -0.220. The van der Waals surface area contributed by atoms with E-state index in [1.165, 1.54) is 6.07 Å². The van der Waals surface area contributed by atoms with E-state index in [2.05, 4.69) is 9.55 Å². The van der Waals surface area contributed by atoms with Crippen LogP contribution in [-0.2, 0) is 11.2 Å². The summed E-state index contributed by atoms with van der Waals surface area (Å²) in [7, 11) is 0. The van der Waals surface area contributed by atoms with Gasteiger partial charge in [-0.15, -0.1) is 0 Å². The van der Waals surface area contributed by atoms with Crippen LogP contribution in [0.5, 0.6) is 0 Å². The predicted octanol–water partition coefficient (Wildman–Crippen LogP) is 3.12. The molecule has 0 saturated carbocycles. The van der Waals surface area contributed by atoms with E-state index in [9.17, 15) is 4.39 Å². The summed E-state index contributed by atoms with van der Waals surface area (Å²) in [4.78, 5) is 9.18. The van der Waals surface area contributed by atoms with Crippen LogP contribution in [0.4, 0.5) is 4.39 Å². The SMILES string of the molecule is Fc1cccc(Cc2nc3cccnc3n2C2CCOC2)c1. The first-order valence-electron chi connectivity index (χ1n) is 7.45. The van der Waals surface area contributed by atoms with Gasteiger partial charge in [-0.25, -0.2) is 14.4 Å². The Hall–Kier alpha value is -2.27. The molecule has 5 heteroatoms. The first-order valence-corrected chi connectivity index (χ1v) is 7.45. The van der Waals surface area contributed by atoms with Gasteiger partial charge in [-0.1, -0.05) is 12.1 Å². The maximum absolute atomic E-state index is 13.4. The first-order chi connectivity index (χ1) is 10.8. The third-order valence-corrected chi connectivity index (χ3v) is 4.04. The van der Waals surface area contributed by atoms with Gasteiger partial charge in [0.1, 0.15) is 17.2 Å². The number of benzene rings is 1. The molecule has 3 heterocycles. The highest BCUT2D eigenvalue weighted by Gasteiger charge is 2.23. The van der Waals surface area contributed by atoms with Crippen LogP contribution in [0.2, 0.25) is 0 Å². The van der Waals surface area contributed by atoms with Crippen molar-refractivity contribution in [1.29, 1.82) is 0 Å². The number of imidazole rings is 1. The quantitative estimate of drug-likeness (QED) is 0.745. The Morgan fingerprint density at radius 1 is 1.27 bits per heavy atom. The Balaban J connectivity index is 1.80. The Bertz CT molecular complexity index is 809. The molecule has 0 spiro atoms. The lowest BCUT2D eigenvalue weighted by Gasteiger charge is -2.14. The number of nitrogens with zero attached hydrogens (tertiary/aromatic N) is 3. The predicted molar refractivity (Wildman–Crippen MR) is 81.2 cm³/mol. The van der Waals surface area contributed by atoms with E-state index in [-0.39, 0.29) is 11.9 Å². The van der Waals surface area contributed by atoms with Gasteiger partial charge >= 0.3 is 0 Å². The standard InChI is InChI=1S/C17H16FN3O/c18-13-4-1-3-12(9-13)10-16-20-15-5-2-7-19-17(15)21(16)14-6-8-22-11-14/h1-5,7,9,14H,6,8,10-11H2. The smallest absolute Gasteiger partial charge is 0.160 e. The van der Waals surface area contributed by atoms with Crippen molar-refractivity contribution in [2.24, 2.45) is 0 Å². The Labute approximate surface area is 127 Å². The molecule has 1 saturated heterocycles. The van der Waals surface area contributed by atoms with Gasteiger partial charge in [-0.2, -0.15) is 0 Å². The summed E-state index contributed by atoms with van der Waals surface area (Å²) < 4.78 is 21.1. The lowest BCUT2D eigenvalue weighted by Crippen LogP contribution is -2.13. The van der Waals surface area contributed by atoms with E-state index in [0.29, 0.717) is 13.0 Å². The van der Waals surface area contributed by atoms with E-state index in [0.717, 1.165) is 35.6 Å². The minimum Gasteiger partial charge on any atom is -0.379 e. The number of halogens is 1. The van der Waals surface area contributed by atoms with Crippen LogP contribution in [0.15, 0.2) is 42.6 Å². The van der Waals surface area contributed by atoms with E-state index in [1.54, 1.807) is 18.3 Å². The molecule has 0 radical (unpaired) electrons. The van der Waals surface area contributed by atoms with Crippen LogP contribution in [0, 0.1) is 5.82 Å². The molecular weight excluding hydrogens is 281 g/mol. The maximum Gasteiger partial charge on any atom is 0.160 e. The highest BCUT2D eigenvalue weighted by molar-refractivity contribution is 5.71. The Morgan fingerprint density at radius 3 is 3.05 bits per heavy atom. The molecule has 3 aromatic rings. The normalized spacial score (nSPS) is 18.1. The fourth-order valence-electron chi connectivity index (χ4n) is 3.04. The number of rotatable bonds is 3. The Morgan fingerprint density at radius 2 is 2.23 bits per heavy atom. The van der Waals surface area contributed by atoms with Crippen LogP contribution < -0.4 is 0 Å². The van der Waals surface area contributed by atoms with Crippen molar-refractivity contribution in [2.45, 2.75) is 18.9 Å². The van der Waals surface area contributed by atoms with Crippen molar-refractivity contribution in [1.82, 2.24) is 14.5 Å². The molecule has 0 N–H and O–H groups in total. The number of ether oxygens (including phenoxy) is 1. The number of pyridine rings is 1. The van der Waals surface area contributed by atoms with Crippen molar-refractivity contribution < 1.29 is 9.13 Å². The molecule has 1 atom stereocenters. The van der Waals surface area contributed by atoms with Crippen molar-refractivity contribution >= 4 is 11.2 Å². The van der Waals surface area contributed by atoms with E-state index in [4.69, 9.17) is 9.72 Å². The summed E-state index contributed by atoms with van der Waals surface area (Å²) in [6.45, 7) is 1.44. The van der Waals surface area contributed by atoms with Crippen LogP contribution >= 0.6 is 0 Å². The van der Waals surface area contributed by atoms with E-state index in [1.807, 2.05) is 18.2 Å². The van der Waals surface area contributed by atoms with Crippen LogP contribution in [0.1, 0.15) is 23.9 Å². The van der Waals surface area contributed by atoms with Gasteiger partial charge in [-0.3, -0.25) is 0 Å². The second-order valence-corrected chi connectivity index (χ2v) is 5.57. The minimum absolute atomic E-state index is 0.220. The van der Waals surface area contributed by atoms with Gasteiger partial charge in [-0.05, 0) is 36.2 Å². The number of aromatic nitrogens is 3. The molecule has 22 heavy (non-hydrogen) atoms. The zero-order chi connectivity index (χ0) is 14.9. The number of hydrogen-bond donors (Lipinski definition) is 0. The Kier molecular flexibility index (Phi) is 3.35. The monoisotopic (exact) mass is 297 g/mol. The molecule has 1 aliphatic rings. The molecule has 4 rings (SSSR count). The first kappa shape index (κ1) is 13.4. The van der Waals surface area contributed by atoms with Gasteiger partial charge < -0.3 is 9.30 Å². The fourth-order valence-corrected chi connectivity index (χ4v) is 3.04. The molecule has 1 aliphatic heterocycles. The van der Waals surface area contributed by atoms with Crippen molar-refractivity contribution in [3.05, 3.63) is 59.8 Å². The van der Waals surface area contributed by atoms with Gasteiger partial charge in [0, 0.05) is 19.2 Å². The molecule has 0 amide bonds. The van der Waals surface area contributed by atoms with Crippen LogP contribution in [0.25, 0.3) is 11.2 Å². The molecule has 112 valence electrons. The van der Waals surface area contributed by atoms with Crippen LogP contribution in [-0.4, -0.2) is 27.7 Å². The van der Waals surface area contributed by atoms with Gasteiger partial charge in [0.2, 0.25) is 0 Å². The average Bonchev–Trinajstić information content (AvgIpc) is 3.13. The van der Waals surface area contributed by atoms with Crippen molar-refractivity contribution in [3.63, 3.8) is 0 Å². The van der Waals surface area contributed by atoms with Gasteiger partial charge in [0.25, 0.3) is 0 Å². The van der Waals surface area contributed by atoms with Gasteiger partial charge in [0.05, 0.1) is 12.6 Å². The number of hydrogen-bond acceptors (Lipinski definition) is 3. The van der Waals surface area contributed by atoms with E-state index < -0.39 is 0 Å². The lowest BCUT2D eigenvalue weighted by atomic mass is 10.1. The maximum atomic E-state index is 13.4. The zero-order valence-corrected chi connectivity index (χ0v) is 12.1. The van der Waals surface area contributed by atoms with Crippen LogP contribution in [0.3, 0.4) is 0 Å².